The fraction of sp³-hybridized carbons (Fsp3) is 0.385. The highest BCUT2D eigenvalue weighted by atomic mass is 32.2. The summed E-state index contributed by atoms with van der Waals surface area (Å²) < 4.78 is 5.14. The van der Waals surface area contributed by atoms with Gasteiger partial charge < -0.3 is 20.1 Å². The molecule has 1 saturated heterocycles. The number of aromatic carboxylic acids is 1. The second kappa shape index (κ2) is 6.51. The van der Waals surface area contributed by atoms with E-state index in [2.05, 4.69) is 5.32 Å². The van der Waals surface area contributed by atoms with Crippen LogP contribution < -0.4 is 10.1 Å². The van der Waals surface area contributed by atoms with Crippen molar-refractivity contribution in [1.29, 1.82) is 0 Å². The van der Waals surface area contributed by atoms with Crippen LogP contribution >= 0.6 is 11.8 Å². The number of thioether (sulfide) groups is 1. The van der Waals surface area contributed by atoms with E-state index >= 15 is 0 Å². The van der Waals surface area contributed by atoms with Gasteiger partial charge in [0.2, 0.25) is 0 Å². The van der Waals surface area contributed by atoms with Gasteiger partial charge in [-0.25, -0.2) is 9.59 Å². The lowest BCUT2D eigenvalue weighted by atomic mass is 10.2. The number of ether oxygens (including phenoxy) is 1. The van der Waals surface area contributed by atoms with Crippen molar-refractivity contribution < 1.29 is 19.4 Å². The monoisotopic (exact) mass is 296 g/mol. The number of amides is 2. The van der Waals surface area contributed by atoms with E-state index in [1.54, 1.807) is 4.90 Å². The molecule has 2 rings (SSSR count). The summed E-state index contributed by atoms with van der Waals surface area (Å²) in [6.45, 7) is 1.38. The second-order valence-electron chi connectivity index (χ2n) is 4.25. The molecule has 1 heterocycles. The molecule has 0 radical (unpaired) electrons. The zero-order chi connectivity index (χ0) is 14.5. The third-order valence-electron chi connectivity index (χ3n) is 2.99. The lowest BCUT2D eigenvalue weighted by molar-refractivity contribution is 0.0697. The molecule has 108 valence electrons. The van der Waals surface area contributed by atoms with Crippen molar-refractivity contribution in [2.75, 3.05) is 37.0 Å². The first-order valence-electron chi connectivity index (χ1n) is 6.17. The van der Waals surface area contributed by atoms with Gasteiger partial charge in [-0.1, -0.05) is 0 Å². The molecule has 7 heteroatoms. The molecular formula is C13H16N2O4S. The Morgan fingerprint density at radius 2 is 2.05 bits per heavy atom. The number of carboxylic acid groups (broad SMARTS) is 1. The van der Waals surface area contributed by atoms with E-state index in [4.69, 9.17) is 9.84 Å². The Balaban J connectivity index is 2.15. The predicted octanol–water partition coefficient (Wildman–Crippen LogP) is 1.97. The Labute approximate surface area is 121 Å². The topological polar surface area (TPSA) is 78.9 Å². The molecule has 0 saturated carbocycles. The van der Waals surface area contributed by atoms with Crippen molar-refractivity contribution in [3.8, 4) is 5.75 Å². The van der Waals surface area contributed by atoms with E-state index in [0.717, 1.165) is 11.5 Å². The van der Waals surface area contributed by atoms with E-state index in [-0.39, 0.29) is 11.6 Å². The van der Waals surface area contributed by atoms with Gasteiger partial charge in [0, 0.05) is 24.6 Å². The van der Waals surface area contributed by atoms with E-state index in [1.165, 1.54) is 25.3 Å². The van der Waals surface area contributed by atoms with E-state index in [9.17, 15) is 9.59 Å². The number of nitrogens with zero attached hydrogens (tertiary/aromatic N) is 1. The first kappa shape index (κ1) is 14.5. The zero-order valence-corrected chi connectivity index (χ0v) is 11.9. The maximum atomic E-state index is 12.1. The minimum absolute atomic E-state index is 0.107. The quantitative estimate of drug-likeness (QED) is 0.891. The summed E-state index contributed by atoms with van der Waals surface area (Å²) in [7, 11) is 1.48. The largest absolute Gasteiger partial charge is 0.495 e. The van der Waals surface area contributed by atoms with Gasteiger partial charge in [-0.05, 0) is 18.2 Å². The summed E-state index contributed by atoms with van der Waals surface area (Å²) in [6.07, 6.45) is 0. The summed E-state index contributed by atoms with van der Waals surface area (Å²) >= 11 is 1.81. The van der Waals surface area contributed by atoms with Crippen molar-refractivity contribution in [1.82, 2.24) is 4.90 Å². The third-order valence-corrected chi connectivity index (χ3v) is 3.93. The standard InChI is InChI=1S/C13H16N2O4S/c1-19-11-3-2-9(12(16)17)8-10(11)14-13(18)15-4-6-20-7-5-15/h2-3,8H,4-7H2,1H3,(H,14,18)(H,16,17). The average molecular weight is 296 g/mol. The van der Waals surface area contributed by atoms with Crippen LogP contribution in [0.25, 0.3) is 0 Å². The van der Waals surface area contributed by atoms with Crippen LogP contribution in [-0.2, 0) is 0 Å². The number of carboxylic acids is 1. The molecule has 1 aliphatic heterocycles. The Kier molecular flexibility index (Phi) is 4.73. The molecule has 0 spiro atoms. The number of carbonyl (C=O) groups is 2. The molecule has 1 aliphatic rings. The smallest absolute Gasteiger partial charge is 0.335 e. The molecular weight excluding hydrogens is 280 g/mol. The minimum Gasteiger partial charge on any atom is -0.495 e. The number of benzene rings is 1. The van der Waals surface area contributed by atoms with E-state index in [0.29, 0.717) is 24.5 Å². The number of rotatable bonds is 3. The number of methoxy groups -OCH3 is 1. The molecule has 0 bridgehead atoms. The van der Waals surface area contributed by atoms with Crippen LogP contribution in [0.3, 0.4) is 0 Å². The number of anilines is 1. The Bertz CT molecular complexity index is 515. The third kappa shape index (κ3) is 3.36. The molecule has 0 atom stereocenters. The first-order chi connectivity index (χ1) is 9.61. The zero-order valence-electron chi connectivity index (χ0n) is 11.1. The van der Waals surface area contributed by atoms with E-state index < -0.39 is 5.97 Å². The first-order valence-corrected chi connectivity index (χ1v) is 7.32. The van der Waals surface area contributed by atoms with Gasteiger partial charge in [0.15, 0.2) is 0 Å². The second-order valence-corrected chi connectivity index (χ2v) is 5.47. The molecule has 0 aliphatic carbocycles. The van der Waals surface area contributed by atoms with Gasteiger partial charge in [0.1, 0.15) is 5.75 Å². The number of hydrogen-bond donors (Lipinski definition) is 2. The van der Waals surface area contributed by atoms with Crippen LogP contribution in [0.4, 0.5) is 10.5 Å². The van der Waals surface area contributed by atoms with Gasteiger partial charge in [0.25, 0.3) is 0 Å². The van der Waals surface area contributed by atoms with Crippen molar-refractivity contribution in [2.24, 2.45) is 0 Å². The Morgan fingerprint density at radius 3 is 2.65 bits per heavy atom. The van der Waals surface area contributed by atoms with Gasteiger partial charge >= 0.3 is 12.0 Å². The summed E-state index contributed by atoms with van der Waals surface area (Å²) in [6, 6.07) is 4.14. The minimum atomic E-state index is -1.04. The van der Waals surface area contributed by atoms with Crippen LogP contribution in [0.1, 0.15) is 10.4 Å². The Morgan fingerprint density at radius 1 is 1.35 bits per heavy atom. The van der Waals surface area contributed by atoms with Crippen molar-refractivity contribution in [3.05, 3.63) is 23.8 Å². The lowest BCUT2D eigenvalue weighted by Crippen LogP contribution is -2.40. The normalized spacial score (nSPS) is 14.8. The predicted molar refractivity (Wildman–Crippen MR) is 77.9 cm³/mol. The van der Waals surface area contributed by atoms with Gasteiger partial charge in [0.05, 0.1) is 18.4 Å². The van der Waals surface area contributed by atoms with Crippen LogP contribution in [0.5, 0.6) is 5.75 Å². The Hall–Kier alpha value is -1.89. The summed E-state index contributed by atoms with van der Waals surface area (Å²) in [5.41, 5.74) is 0.478. The average Bonchev–Trinajstić information content (AvgIpc) is 2.48. The van der Waals surface area contributed by atoms with Crippen molar-refractivity contribution in [3.63, 3.8) is 0 Å². The van der Waals surface area contributed by atoms with Crippen molar-refractivity contribution in [2.45, 2.75) is 0 Å². The fourth-order valence-corrected chi connectivity index (χ4v) is 2.80. The fourth-order valence-electron chi connectivity index (χ4n) is 1.90. The molecule has 20 heavy (non-hydrogen) atoms. The summed E-state index contributed by atoms with van der Waals surface area (Å²) in [5.74, 6) is 1.23. The number of urea groups is 1. The molecule has 0 aromatic heterocycles. The van der Waals surface area contributed by atoms with Crippen LogP contribution in [0, 0.1) is 0 Å². The highest BCUT2D eigenvalue weighted by Crippen LogP contribution is 2.26. The number of carbonyl (C=O) groups excluding carboxylic acids is 1. The molecule has 1 fully saturated rings. The number of nitrogens with one attached hydrogen (secondary N) is 1. The highest BCUT2D eigenvalue weighted by molar-refractivity contribution is 7.99. The van der Waals surface area contributed by atoms with Crippen molar-refractivity contribution >= 4 is 29.4 Å². The number of hydrogen-bond acceptors (Lipinski definition) is 4. The maximum absolute atomic E-state index is 12.1. The van der Waals surface area contributed by atoms with Crippen LogP contribution in [0.15, 0.2) is 18.2 Å². The van der Waals surface area contributed by atoms with Gasteiger partial charge in [-0.2, -0.15) is 11.8 Å². The molecule has 2 N–H and O–H groups in total. The molecule has 0 unspecified atom stereocenters. The summed E-state index contributed by atoms with van der Waals surface area (Å²) in [4.78, 5) is 24.8. The maximum Gasteiger partial charge on any atom is 0.335 e. The molecule has 2 amide bonds. The molecule has 1 aromatic rings. The summed E-state index contributed by atoms with van der Waals surface area (Å²) in [5, 5.41) is 11.7. The SMILES string of the molecule is COc1ccc(C(=O)O)cc1NC(=O)N1CCSCC1. The lowest BCUT2D eigenvalue weighted by Gasteiger charge is -2.26. The van der Waals surface area contributed by atoms with Gasteiger partial charge in [-0.3, -0.25) is 0 Å². The van der Waals surface area contributed by atoms with Crippen LogP contribution in [0.2, 0.25) is 0 Å². The van der Waals surface area contributed by atoms with E-state index in [1.807, 2.05) is 11.8 Å². The van der Waals surface area contributed by atoms with Crippen LogP contribution in [-0.4, -0.2) is 53.7 Å². The highest BCUT2D eigenvalue weighted by Gasteiger charge is 2.18. The molecule has 6 nitrogen and oxygen atoms in total. The van der Waals surface area contributed by atoms with Gasteiger partial charge in [-0.15, -0.1) is 0 Å². The molecule has 1 aromatic carbocycles.